The van der Waals surface area contributed by atoms with E-state index in [1.165, 1.54) is 0 Å². The molecule has 3 N–H and O–H groups in total. The number of rotatable bonds is 6. The van der Waals surface area contributed by atoms with Gasteiger partial charge in [0.25, 0.3) is 0 Å². The molecular weight excluding hydrogens is 218 g/mol. The second-order valence-corrected chi connectivity index (χ2v) is 4.72. The molecule has 1 aliphatic rings. The molecule has 0 saturated carbocycles. The number of nitrogens with one attached hydrogen (secondary N) is 1. The number of nitrogens with two attached hydrogens (primary N) is 1. The lowest BCUT2D eigenvalue weighted by Crippen LogP contribution is -2.44. The molecule has 98 valence electrons. The molecule has 17 heavy (non-hydrogen) atoms. The molecule has 5 nitrogen and oxygen atoms in total. The van der Waals surface area contributed by atoms with Crippen LogP contribution in [0.25, 0.3) is 0 Å². The van der Waals surface area contributed by atoms with Crippen LogP contribution in [0, 0.1) is 5.92 Å². The van der Waals surface area contributed by atoms with Gasteiger partial charge in [0, 0.05) is 12.6 Å². The van der Waals surface area contributed by atoms with Gasteiger partial charge in [0.1, 0.15) is 0 Å². The summed E-state index contributed by atoms with van der Waals surface area (Å²) in [4.78, 5) is 24.9. The van der Waals surface area contributed by atoms with Crippen LogP contribution >= 0.6 is 0 Å². The fraction of sp³-hybridized carbons (Fsp3) is 0.833. The van der Waals surface area contributed by atoms with E-state index < -0.39 is 5.91 Å². The van der Waals surface area contributed by atoms with E-state index in [2.05, 4.69) is 12.2 Å². The fourth-order valence-electron chi connectivity index (χ4n) is 2.23. The highest BCUT2D eigenvalue weighted by molar-refractivity contribution is 5.85. The monoisotopic (exact) mass is 241 g/mol. The number of hydrogen-bond acceptors (Lipinski definition) is 3. The summed E-state index contributed by atoms with van der Waals surface area (Å²) >= 11 is 0. The van der Waals surface area contributed by atoms with Crippen molar-refractivity contribution in [2.45, 2.75) is 39.2 Å². The first-order chi connectivity index (χ1) is 8.06. The highest BCUT2D eigenvalue weighted by atomic mass is 16.2. The minimum atomic E-state index is -0.437. The number of amides is 2. The Morgan fingerprint density at radius 2 is 2.18 bits per heavy atom. The molecule has 1 heterocycles. The fourth-order valence-corrected chi connectivity index (χ4v) is 2.23. The summed E-state index contributed by atoms with van der Waals surface area (Å²) in [5.74, 6) is -0.381. The normalized spacial score (nSPS) is 23.6. The second kappa shape index (κ2) is 6.59. The third-order valence-electron chi connectivity index (χ3n) is 3.28. The summed E-state index contributed by atoms with van der Waals surface area (Å²) in [7, 11) is 0. The van der Waals surface area contributed by atoms with E-state index >= 15 is 0 Å². The Balaban J connectivity index is 2.60. The number of primary amides is 1. The minimum Gasteiger partial charge on any atom is -0.368 e. The topological polar surface area (TPSA) is 75.4 Å². The van der Waals surface area contributed by atoms with Gasteiger partial charge in [-0.2, -0.15) is 0 Å². The van der Waals surface area contributed by atoms with Gasteiger partial charge in [0.15, 0.2) is 0 Å². The van der Waals surface area contributed by atoms with Crippen LogP contribution in [0.1, 0.15) is 33.1 Å². The van der Waals surface area contributed by atoms with Crippen molar-refractivity contribution in [1.82, 2.24) is 10.2 Å². The zero-order valence-electron chi connectivity index (χ0n) is 10.7. The molecule has 1 fully saturated rings. The molecule has 2 atom stereocenters. The smallest absolute Gasteiger partial charge is 0.237 e. The lowest BCUT2D eigenvalue weighted by atomic mass is 10.00. The molecule has 0 radical (unpaired) electrons. The highest BCUT2D eigenvalue weighted by Gasteiger charge is 2.32. The number of nitrogens with zero attached hydrogens (tertiary/aromatic N) is 1. The van der Waals surface area contributed by atoms with Crippen LogP contribution < -0.4 is 11.1 Å². The molecule has 0 aromatic rings. The van der Waals surface area contributed by atoms with Crippen LogP contribution in [0.5, 0.6) is 0 Å². The standard InChI is InChI=1S/C12H23N3O2/c1-3-4-7-15(8-11(13)16)12(17)10-5-6-14-9(10)2/h9-10,14H,3-8H2,1-2H3,(H2,13,16). The number of hydrogen-bond donors (Lipinski definition) is 2. The van der Waals surface area contributed by atoms with Crippen molar-refractivity contribution in [2.75, 3.05) is 19.6 Å². The summed E-state index contributed by atoms with van der Waals surface area (Å²) in [6.07, 6.45) is 2.76. The van der Waals surface area contributed by atoms with Crippen LogP contribution in [0.15, 0.2) is 0 Å². The van der Waals surface area contributed by atoms with E-state index in [4.69, 9.17) is 5.73 Å². The Bertz CT molecular complexity index is 281. The van der Waals surface area contributed by atoms with Crippen LogP contribution in [-0.2, 0) is 9.59 Å². The van der Waals surface area contributed by atoms with Gasteiger partial charge in [-0.3, -0.25) is 9.59 Å². The lowest BCUT2D eigenvalue weighted by Gasteiger charge is -2.26. The molecule has 1 rings (SSSR count). The maximum Gasteiger partial charge on any atom is 0.237 e. The zero-order valence-corrected chi connectivity index (χ0v) is 10.7. The molecule has 2 unspecified atom stereocenters. The van der Waals surface area contributed by atoms with Gasteiger partial charge in [-0.1, -0.05) is 13.3 Å². The van der Waals surface area contributed by atoms with Crippen LogP contribution in [-0.4, -0.2) is 42.4 Å². The van der Waals surface area contributed by atoms with Gasteiger partial charge in [0.05, 0.1) is 12.5 Å². The first-order valence-corrected chi connectivity index (χ1v) is 6.36. The van der Waals surface area contributed by atoms with Gasteiger partial charge >= 0.3 is 0 Å². The molecule has 2 amide bonds. The number of carbonyl (C=O) groups is 2. The SMILES string of the molecule is CCCCN(CC(N)=O)C(=O)C1CCNC1C. The van der Waals surface area contributed by atoms with Crippen molar-refractivity contribution in [3.8, 4) is 0 Å². The number of carbonyl (C=O) groups excluding carboxylic acids is 2. The third kappa shape index (κ3) is 4.00. The first kappa shape index (κ1) is 14.0. The molecule has 1 aliphatic heterocycles. The summed E-state index contributed by atoms with van der Waals surface area (Å²) in [6.45, 7) is 5.61. The van der Waals surface area contributed by atoms with Gasteiger partial charge in [-0.05, 0) is 26.3 Å². The van der Waals surface area contributed by atoms with Gasteiger partial charge < -0.3 is 16.0 Å². The average molecular weight is 241 g/mol. The van der Waals surface area contributed by atoms with E-state index in [9.17, 15) is 9.59 Å². The number of unbranched alkanes of at least 4 members (excludes halogenated alkanes) is 1. The van der Waals surface area contributed by atoms with Gasteiger partial charge in [-0.15, -0.1) is 0 Å². The average Bonchev–Trinajstić information content (AvgIpc) is 2.69. The summed E-state index contributed by atoms with van der Waals surface area (Å²) in [6, 6.07) is 0.194. The molecule has 0 aromatic heterocycles. The molecule has 0 aliphatic carbocycles. The van der Waals surface area contributed by atoms with Gasteiger partial charge in [-0.25, -0.2) is 0 Å². The third-order valence-corrected chi connectivity index (χ3v) is 3.28. The molecular formula is C12H23N3O2. The summed E-state index contributed by atoms with van der Waals surface area (Å²) in [5.41, 5.74) is 5.19. The van der Waals surface area contributed by atoms with E-state index in [1.54, 1.807) is 4.90 Å². The van der Waals surface area contributed by atoms with Crippen LogP contribution in [0.3, 0.4) is 0 Å². The Hall–Kier alpha value is -1.10. The van der Waals surface area contributed by atoms with E-state index in [0.717, 1.165) is 25.8 Å². The predicted octanol–water partition coefficient (Wildman–Crippen LogP) is 0.0984. The second-order valence-electron chi connectivity index (χ2n) is 4.72. The summed E-state index contributed by atoms with van der Waals surface area (Å²) < 4.78 is 0. The van der Waals surface area contributed by atoms with Crippen molar-refractivity contribution >= 4 is 11.8 Å². The minimum absolute atomic E-state index is 0.00814. The van der Waals surface area contributed by atoms with Crippen molar-refractivity contribution in [2.24, 2.45) is 11.7 Å². The zero-order chi connectivity index (χ0) is 12.8. The highest BCUT2D eigenvalue weighted by Crippen LogP contribution is 2.18. The maximum absolute atomic E-state index is 12.3. The largest absolute Gasteiger partial charge is 0.368 e. The molecule has 1 saturated heterocycles. The maximum atomic E-state index is 12.3. The van der Waals surface area contributed by atoms with Crippen LogP contribution in [0.2, 0.25) is 0 Å². The lowest BCUT2D eigenvalue weighted by molar-refractivity contribution is -0.139. The summed E-state index contributed by atoms with van der Waals surface area (Å²) in [5, 5.41) is 3.25. The van der Waals surface area contributed by atoms with Crippen molar-refractivity contribution in [3.05, 3.63) is 0 Å². The Morgan fingerprint density at radius 1 is 1.47 bits per heavy atom. The van der Waals surface area contributed by atoms with Gasteiger partial charge in [0.2, 0.25) is 11.8 Å². The Kier molecular flexibility index (Phi) is 5.41. The molecule has 0 bridgehead atoms. The quantitative estimate of drug-likeness (QED) is 0.692. The Labute approximate surface area is 103 Å². The Morgan fingerprint density at radius 3 is 2.65 bits per heavy atom. The van der Waals surface area contributed by atoms with Crippen molar-refractivity contribution in [3.63, 3.8) is 0 Å². The van der Waals surface area contributed by atoms with Crippen molar-refractivity contribution in [1.29, 1.82) is 0 Å². The van der Waals surface area contributed by atoms with E-state index in [1.807, 2.05) is 6.92 Å². The van der Waals surface area contributed by atoms with Crippen LogP contribution in [0.4, 0.5) is 0 Å². The molecule has 0 spiro atoms. The first-order valence-electron chi connectivity index (χ1n) is 6.36. The van der Waals surface area contributed by atoms with Crippen molar-refractivity contribution < 1.29 is 9.59 Å². The predicted molar refractivity (Wildman–Crippen MR) is 66.3 cm³/mol. The van der Waals surface area contributed by atoms with E-state index in [0.29, 0.717) is 6.54 Å². The molecule has 0 aromatic carbocycles. The van der Waals surface area contributed by atoms with E-state index in [-0.39, 0.29) is 24.4 Å². The molecule has 5 heteroatoms.